The average molecular weight is 244 g/mol. The van der Waals surface area contributed by atoms with E-state index in [1.807, 2.05) is 0 Å². The summed E-state index contributed by atoms with van der Waals surface area (Å²) in [5.41, 5.74) is 0. The van der Waals surface area contributed by atoms with Gasteiger partial charge in [-0.25, -0.2) is 9.37 Å². The SMILES string of the molecule is CC1CCC(Oc2ncc(Cl)cc2F)CC1. The summed E-state index contributed by atoms with van der Waals surface area (Å²) in [5.74, 6) is 0.345. The third-order valence-electron chi connectivity index (χ3n) is 3.02. The lowest BCUT2D eigenvalue weighted by Crippen LogP contribution is -2.23. The van der Waals surface area contributed by atoms with Crippen LogP contribution in [0.5, 0.6) is 5.88 Å². The third-order valence-corrected chi connectivity index (χ3v) is 3.22. The van der Waals surface area contributed by atoms with E-state index in [9.17, 15) is 4.39 Å². The Morgan fingerprint density at radius 1 is 1.38 bits per heavy atom. The molecule has 0 atom stereocenters. The summed E-state index contributed by atoms with van der Waals surface area (Å²) in [6.45, 7) is 2.23. The minimum absolute atomic E-state index is 0.0731. The van der Waals surface area contributed by atoms with Crippen LogP contribution in [0.25, 0.3) is 0 Å². The number of hydrogen-bond donors (Lipinski definition) is 0. The molecule has 1 aliphatic carbocycles. The van der Waals surface area contributed by atoms with Crippen molar-refractivity contribution in [3.63, 3.8) is 0 Å². The van der Waals surface area contributed by atoms with Crippen LogP contribution in [0.4, 0.5) is 4.39 Å². The van der Waals surface area contributed by atoms with Crippen molar-refractivity contribution in [2.45, 2.75) is 38.7 Å². The van der Waals surface area contributed by atoms with Crippen molar-refractivity contribution in [1.29, 1.82) is 0 Å². The predicted molar refractivity (Wildman–Crippen MR) is 61.3 cm³/mol. The number of halogens is 2. The molecule has 4 heteroatoms. The summed E-state index contributed by atoms with van der Waals surface area (Å²) in [6.07, 6.45) is 5.74. The maximum Gasteiger partial charge on any atom is 0.250 e. The molecule has 0 bridgehead atoms. The van der Waals surface area contributed by atoms with Crippen molar-refractivity contribution in [2.24, 2.45) is 5.92 Å². The maximum absolute atomic E-state index is 13.4. The number of aromatic nitrogens is 1. The minimum Gasteiger partial charge on any atom is -0.472 e. The molecule has 0 saturated heterocycles. The lowest BCUT2D eigenvalue weighted by atomic mass is 9.89. The number of ether oxygens (including phenoxy) is 1. The van der Waals surface area contributed by atoms with Crippen molar-refractivity contribution in [3.05, 3.63) is 23.1 Å². The van der Waals surface area contributed by atoms with Gasteiger partial charge >= 0.3 is 0 Å². The van der Waals surface area contributed by atoms with Gasteiger partial charge in [-0.3, -0.25) is 0 Å². The van der Waals surface area contributed by atoms with E-state index in [0.29, 0.717) is 5.02 Å². The molecule has 1 heterocycles. The first kappa shape index (κ1) is 11.6. The molecule has 1 saturated carbocycles. The lowest BCUT2D eigenvalue weighted by molar-refractivity contribution is 0.124. The molecular weight excluding hydrogens is 229 g/mol. The van der Waals surface area contributed by atoms with Gasteiger partial charge in [0.1, 0.15) is 6.10 Å². The zero-order valence-electron chi connectivity index (χ0n) is 9.25. The molecule has 0 aliphatic heterocycles. The first-order valence-corrected chi connectivity index (χ1v) is 6.00. The molecule has 0 radical (unpaired) electrons. The quantitative estimate of drug-likeness (QED) is 0.788. The Balaban J connectivity index is 1.98. The van der Waals surface area contributed by atoms with E-state index in [-0.39, 0.29) is 12.0 Å². The summed E-state index contributed by atoms with van der Waals surface area (Å²) in [4.78, 5) is 3.86. The largest absolute Gasteiger partial charge is 0.472 e. The van der Waals surface area contributed by atoms with Gasteiger partial charge < -0.3 is 4.74 Å². The van der Waals surface area contributed by atoms with E-state index >= 15 is 0 Å². The second kappa shape index (κ2) is 5.00. The Labute approximate surface area is 99.8 Å². The van der Waals surface area contributed by atoms with Gasteiger partial charge in [0.2, 0.25) is 0 Å². The van der Waals surface area contributed by atoms with Gasteiger partial charge in [0, 0.05) is 6.20 Å². The molecule has 1 aliphatic rings. The summed E-state index contributed by atoms with van der Waals surface area (Å²) in [7, 11) is 0. The average Bonchev–Trinajstić information content (AvgIpc) is 2.25. The number of pyridine rings is 1. The fourth-order valence-corrected chi connectivity index (χ4v) is 2.14. The van der Waals surface area contributed by atoms with Gasteiger partial charge in [-0.1, -0.05) is 18.5 Å². The number of nitrogens with zero attached hydrogens (tertiary/aromatic N) is 1. The molecule has 0 N–H and O–H groups in total. The fraction of sp³-hybridized carbons (Fsp3) is 0.583. The van der Waals surface area contributed by atoms with Crippen LogP contribution in [0.15, 0.2) is 12.3 Å². The van der Waals surface area contributed by atoms with Crippen LogP contribution in [-0.2, 0) is 0 Å². The standard InChI is InChI=1S/C12H15ClFNO/c1-8-2-4-10(5-3-8)16-12-11(14)6-9(13)7-15-12/h6-8,10H,2-5H2,1H3. The van der Waals surface area contributed by atoms with Crippen LogP contribution in [0.3, 0.4) is 0 Å². The highest BCUT2D eigenvalue weighted by Crippen LogP contribution is 2.27. The zero-order valence-corrected chi connectivity index (χ0v) is 10.0. The molecule has 0 aromatic carbocycles. The predicted octanol–water partition coefficient (Wildman–Crippen LogP) is 3.83. The van der Waals surface area contributed by atoms with Crippen LogP contribution in [0.2, 0.25) is 5.02 Å². The van der Waals surface area contributed by atoms with Crippen LogP contribution in [0.1, 0.15) is 32.6 Å². The highest BCUT2D eigenvalue weighted by molar-refractivity contribution is 6.30. The van der Waals surface area contributed by atoms with Gasteiger partial charge in [0.25, 0.3) is 5.88 Å². The molecule has 0 amide bonds. The Bertz CT molecular complexity index is 364. The fourth-order valence-electron chi connectivity index (χ4n) is 1.99. The van der Waals surface area contributed by atoms with Crippen LogP contribution < -0.4 is 4.74 Å². The van der Waals surface area contributed by atoms with E-state index in [1.165, 1.54) is 12.3 Å². The van der Waals surface area contributed by atoms with E-state index in [4.69, 9.17) is 16.3 Å². The Kier molecular flexibility index (Phi) is 3.64. The third kappa shape index (κ3) is 2.85. The molecule has 88 valence electrons. The van der Waals surface area contributed by atoms with Gasteiger partial charge in [-0.2, -0.15) is 0 Å². The highest BCUT2D eigenvalue weighted by Gasteiger charge is 2.21. The topological polar surface area (TPSA) is 22.1 Å². The second-order valence-electron chi connectivity index (χ2n) is 4.44. The second-order valence-corrected chi connectivity index (χ2v) is 4.88. The summed E-state index contributed by atoms with van der Waals surface area (Å²) in [5, 5.41) is 0.294. The first-order chi connectivity index (χ1) is 7.65. The van der Waals surface area contributed by atoms with Crippen LogP contribution >= 0.6 is 11.6 Å². The Morgan fingerprint density at radius 3 is 2.69 bits per heavy atom. The van der Waals surface area contributed by atoms with Crippen molar-refractivity contribution in [3.8, 4) is 5.88 Å². The van der Waals surface area contributed by atoms with Crippen LogP contribution in [-0.4, -0.2) is 11.1 Å². The molecule has 1 aromatic heterocycles. The van der Waals surface area contributed by atoms with E-state index in [1.54, 1.807) is 0 Å². The zero-order chi connectivity index (χ0) is 11.5. The van der Waals surface area contributed by atoms with Crippen molar-refractivity contribution < 1.29 is 9.13 Å². The van der Waals surface area contributed by atoms with E-state index in [0.717, 1.165) is 31.6 Å². The summed E-state index contributed by atoms with van der Waals surface area (Å²) in [6, 6.07) is 1.23. The lowest BCUT2D eigenvalue weighted by Gasteiger charge is -2.26. The molecule has 2 rings (SSSR count). The summed E-state index contributed by atoms with van der Waals surface area (Å²) < 4.78 is 19.0. The number of rotatable bonds is 2. The van der Waals surface area contributed by atoms with E-state index < -0.39 is 5.82 Å². The molecule has 2 nitrogen and oxygen atoms in total. The molecular formula is C12H15ClFNO. The Morgan fingerprint density at radius 2 is 2.06 bits per heavy atom. The van der Waals surface area contributed by atoms with Crippen molar-refractivity contribution in [2.75, 3.05) is 0 Å². The molecule has 0 unspecified atom stereocenters. The minimum atomic E-state index is -0.480. The van der Waals surface area contributed by atoms with Gasteiger partial charge in [-0.05, 0) is 37.7 Å². The van der Waals surface area contributed by atoms with Gasteiger partial charge in [-0.15, -0.1) is 0 Å². The van der Waals surface area contributed by atoms with E-state index in [2.05, 4.69) is 11.9 Å². The Hall–Kier alpha value is -0.830. The summed E-state index contributed by atoms with van der Waals surface area (Å²) >= 11 is 5.62. The van der Waals surface area contributed by atoms with Crippen molar-refractivity contribution >= 4 is 11.6 Å². The normalized spacial score (nSPS) is 25.4. The maximum atomic E-state index is 13.4. The van der Waals surface area contributed by atoms with Gasteiger partial charge in [0.05, 0.1) is 5.02 Å². The molecule has 1 aromatic rings. The smallest absolute Gasteiger partial charge is 0.250 e. The number of hydrogen-bond acceptors (Lipinski definition) is 2. The highest BCUT2D eigenvalue weighted by atomic mass is 35.5. The van der Waals surface area contributed by atoms with Crippen molar-refractivity contribution in [1.82, 2.24) is 4.98 Å². The molecule has 16 heavy (non-hydrogen) atoms. The first-order valence-electron chi connectivity index (χ1n) is 5.63. The van der Waals surface area contributed by atoms with Gasteiger partial charge in [0.15, 0.2) is 5.82 Å². The molecule has 0 spiro atoms. The van der Waals surface area contributed by atoms with Crippen LogP contribution in [0, 0.1) is 11.7 Å². The molecule has 1 fully saturated rings. The monoisotopic (exact) mass is 243 g/mol.